The lowest BCUT2D eigenvalue weighted by Gasteiger charge is -2.17. The van der Waals surface area contributed by atoms with E-state index >= 15 is 0 Å². The highest BCUT2D eigenvalue weighted by molar-refractivity contribution is 8.14. The molecule has 0 atom stereocenters. The van der Waals surface area contributed by atoms with Crippen LogP contribution in [0.15, 0.2) is 160 Å². The van der Waals surface area contributed by atoms with Gasteiger partial charge in [0.05, 0.1) is 38.7 Å². The molecule has 0 bridgehead atoms. The zero-order valence-electron chi connectivity index (χ0n) is 74.9. The van der Waals surface area contributed by atoms with E-state index in [2.05, 4.69) is 119 Å². The molecular formula is C84H128N28O3S2. The fraction of sp³-hybridized carbons (Fsp3) is 0.452. The summed E-state index contributed by atoms with van der Waals surface area (Å²) in [6, 6.07) is 18.0. The molecule has 10 aromatic rings. The van der Waals surface area contributed by atoms with Crippen LogP contribution >= 0.6 is 23.5 Å². The van der Waals surface area contributed by atoms with Crippen molar-refractivity contribution in [2.45, 2.75) is 159 Å². The number of hydrazone groups is 4. The molecule has 1 saturated heterocycles. The lowest BCUT2D eigenvalue weighted by molar-refractivity contribution is 0.198. The molecule has 0 saturated carbocycles. The van der Waals surface area contributed by atoms with Gasteiger partial charge in [-0.1, -0.05) is 30.0 Å². The number of ether oxygens (including phenoxy) is 1. The van der Waals surface area contributed by atoms with E-state index in [9.17, 15) is 9.59 Å². The SMILES string of the molecule is CC1=NN(C)CC1.CC1=NN(C)CCS1.CC1=NN(C)CO1.CC1=NN(C)CS1.CN1CCN(C)C1=O.Cc1ccc(C)nc1.Cc1ccc(C)nc1.Cc1cccc(C)n1.Cc1ccnc(C)n1.Cc1ccnc(C)n1.Cc1cnc(C)cn1.Cc1cnc(C)nc1.Cc1cncc(C)n1.Cc1ncnc(C)n1.Cn1ccn(C)c1=O. The minimum Gasteiger partial charge on any atom is -0.457 e. The van der Waals surface area contributed by atoms with Crippen molar-refractivity contribution in [2.75, 3.05) is 86.8 Å². The molecule has 634 valence electrons. The van der Waals surface area contributed by atoms with Crippen molar-refractivity contribution in [1.82, 2.24) is 119 Å². The van der Waals surface area contributed by atoms with E-state index in [1.54, 1.807) is 90.2 Å². The van der Waals surface area contributed by atoms with Gasteiger partial charge in [0.2, 0.25) is 5.90 Å². The number of hydrogen-bond donors (Lipinski definition) is 0. The van der Waals surface area contributed by atoms with E-state index in [4.69, 9.17) is 4.74 Å². The first kappa shape index (κ1) is 104. The minimum atomic E-state index is 0.0185. The Labute approximate surface area is 704 Å². The fourth-order valence-corrected chi connectivity index (χ4v) is 10.1. The molecule has 5 aliphatic heterocycles. The van der Waals surface area contributed by atoms with E-state index < -0.39 is 0 Å². The summed E-state index contributed by atoms with van der Waals surface area (Å²) in [4.78, 5) is 88.8. The summed E-state index contributed by atoms with van der Waals surface area (Å²) in [6.45, 7) is 47.4. The van der Waals surface area contributed by atoms with E-state index in [0.29, 0.717) is 6.73 Å². The van der Waals surface area contributed by atoms with Crippen LogP contribution in [0.3, 0.4) is 0 Å². The van der Waals surface area contributed by atoms with E-state index in [1.807, 2.05) is 282 Å². The van der Waals surface area contributed by atoms with Crippen LogP contribution in [0.25, 0.3) is 0 Å². The lowest BCUT2D eigenvalue weighted by atomic mass is 10.3. The van der Waals surface area contributed by atoms with Crippen molar-refractivity contribution in [3.8, 4) is 0 Å². The van der Waals surface area contributed by atoms with Crippen LogP contribution < -0.4 is 5.69 Å². The van der Waals surface area contributed by atoms with E-state index in [-0.39, 0.29) is 11.7 Å². The van der Waals surface area contributed by atoms with Crippen molar-refractivity contribution in [3.63, 3.8) is 0 Å². The summed E-state index contributed by atoms with van der Waals surface area (Å²) >= 11 is 3.61. The summed E-state index contributed by atoms with van der Waals surface area (Å²) in [5.41, 5.74) is 15.1. The van der Waals surface area contributed by atoms with Crippen LogP contribution in [0.4, 0.5) is 4.79 Å². The predicted molar refractivity (Wildman–Crippen MR) is 478 cm³/mol. The second-order valence-electron chi connectivity index (χ2n) is 27.2. The Bertz CT molecular complexity index is 3890. The van der Waals surface area contributed by atoms with Gasteiger partial charge >= 0.3 is 11.7 Å². The molecule has 33 heteroatoms. The average Bonchev–Trinajstić information content (AvgIpc) is 1.76. The van der Waals surface area contributed by atoms with Gasteiger partial charge in [0.15, 0.2) is 6.73 Å². The van der Waals surface area contributed by atoms with Crippen molar-refractivity contribution < 1.29 is 9.53 Å². The third-order valence-electron chi connectivity index (χ3n) is 14.7. The highest BCUT2D eigenvalue weighted by atomic mass is 32.2. The maximum atomic E-state index is 10.8. The summed E-state index contributed by atoms with van der Waals surface area (Å²) < 4.78 is 8.00. The monoisotopic (exact) mass is 1640 g/mol. The molecule has 0 aromatic carbocycles. The predicted octanol–water partition coefficient (Wildman–Crippen LogP) is 13.6. The Kier molecular flexibility index (Phi) is 52.4. The van der Waals surface area contributed by atoms with E-state index in [0.717, 1.165) is 136 Å². The van der Waals surface area contributed by atoms with Crippen molar-refractivity contribution in [1.29, 1.82) is 0 Å². The van der Waals surface area contributed by atoms with Gasteiger partial charge in [-0.05, 0) is 198 Å². The van der Waals surface area contributed by atoms with Crippen LogP contribution in [-0.2, 0) is 18.8 Å². The third-order valence-corrected chi connectivity index (χ3v) is 16.6. The number of likely N-dealkylation sites (N-methyl/N-ethyl adjacent to an activating group) is 2. The zero-order chi connectivity index (χ0) is 88.0. The van der Waals surface area contributed by atoms with Crippen molar-refractivity contribution in [2.24, 2.45) is 34.5 Å². The molecule has 15 heterocycles. The van der Waals surface area contributed by atoms with Gasteiger partial charge in [-0.15, -0.1) is 16.9 Å². The molecular weight excluding hydrogens is 1510 g/mol. The quantitative estimate of drug-likeness (QED) is 0.136. The largest absolute Gasteiger partial charge is 0.457 e. The second kappa shape index (κ2) is 59.2. The minimum absolute atomic E-state index is 0.0185. The highest BCUT2D eigenvalue weighted by Crippen LogP contribution is 2.13. The number of imidazole rings is 1. The Hall–Kier alpha value is -11.5. The average molecular weight is 1640 g/mol. The van der Waals surface area contributed by atoms with Crippen LogP contribution in [-0.4, -0.2) is 233 Å². The highest BCUT2D eigenvalue weighted by Gasteiger charge is 2.20. The van der Waals surface area contributed by atoms with Gasteiger partial charge in [-0.25, -0.2) is 54.4 Å². The first-order valence-electron chi connectivity index (χ1n) is 37.8. The Morgan fingerprint density at radius 2 is 0.769 bits per heavy atom. The Morgan fingerprint density at radius 1 is 0.342 bits per heavy atom. The Morgan fingerprint density at radius 3 is 0.983 bits per heavy atom. The number of nitrogens with zero attached hydrogens (tertiary/aromatic N) is 28. The molecule has 2 amide bonds. The van der Waals surface area contributed by atoms with Gasteiger partial charge in [0.1, 0.15) is 35.4 Å². The molecule has 31 nitrogen and oxygen atoms in total. The van der Waals surface area contributed by atoms with Gasteiger partial charge in [-0.2, -0.15) is 15.3 Å². The molecule has 0 aliphatic carbocycles. The first-order valence-corrected chi connectivity index (χ1v) is 39.8. The number of carbonyl (C=O) groups is 1. The second-order valence-corrected chi connectivity index (χ2v) is 29.6. The number of aromatic nitrogens is 18. The first-order chi connectivity index (χ1) is 55.2. The standard InChI is InChI=1S/3C7H9N.5C6H8N2.C5H7N3.C5H10N2O.C5H8N2O.C5H10N2S.C5H10N2.C4H8N2O.C4H8N2S/c2*1-6-3-4-7(2)8-5-6;1-6-4-3-5-7(2)8-6;1-5-3-8-6(2)4-7-5;1-5-3-7-4-6(2)8-5;1-5-3-7-6(2)8-4-5;2*1-5-3-4-7-6(2)8-5;1-4-6-3-7-5(2)8-4;2*1-6-3-4-7(2)5(6)8;1-5-6-7(2)3-4-8-5;1-5-3-4-7(2)6-5;2*1-4-5-6(2)3-7-4/h3*3-5H,1-2H3;5*3-4H,1-2H3;3H,1-2H3;3-4H2,1-2H3;3-4H,1-2H3;3-4H2,1-2H3;3-4H2,1-2H3;2*3H2,1-2H3. The topological polar surface area (TPSA) is 328 Å². The molecule has 15 rings (SSSR count). The molecule has 10 aromatic heterocycles. The Balaban J connectivity index is 0.000000627. The van der Waals surface area contributed by atoms with Crippen LogP contribution in [0.1, 0.15) is 137 Å². The molecule has 0 unspecified atom stereocenters. The van der Waals surface area contributed by atoms with Crippen molar-refractivity contribution in [3.05, 3.63) is 249 Å². The van der Waals surface area contributed by atoms with Crippen LogP contribution in [0.2, 0.25) is 0 Å². The summed E-state index contributed by atoms with van der Waals surface area (Å²) in [7, 11) is 14.9. The summed E-state index contributed by atoms with van der Waals surface area (Å²) in [6.07, 6.45) is 24.0. The molecule has 117 heavy (non-hydrogen) atoms. The van der Waals surface area contributed by atoms with Gasteiger partial charge < -0.3 is 23.7 Å². The number of aryl methyl sites for hydroxylation is 20. The van der Waals surface area contributed by atoms with Gasteiger partial charge in [0, 0.05) is 216 Å². The summed E-state index contributed by atoms with van der Waals surface area (Å²) in [5.74, 6) is 7.01. The molecule has 5 aliphatic rings. The third kappa shape index (κ3) is 54.9. The van der Waals surface area contributed by atoms with E-state index in [1.165, 1.54) is 48.1 Å². The number of carbonyl (C=O) groups excluding carboxylic acids is 1. The maximum Gasteiger partial charge on any atom is 0.327 e. The van der Waals surface area contributed by atoms with Crippen LogP contribution in [0, 0.1) is 125 Å². The molecule has 0 N–H and O–H groups in total. The molecule has 1 fully saturated rings. The fourth-order valence-electron chi connectivity index (χ4n) is 8.59. The smallest absolute Gasteiger partial charge is 0.327 e. The van der Waals surface area contributed by atoms with Gasteiger partial charge in [-0.3, -0.25) is 54.9 Å². The molecule has 0 spiro atoms. The zero-order valence-corrected chi connectivity index (χ0v) is 76.6. The number of pyridine rings is 3. The van der Waals surface area contributed by atoms with Crippen molar-refractivity contribution >= 4 is 51.3 Å². The number of rotatable bonds is 0. The van der Waals surface area contributed by atoms with Gasteiger partial charge in [0.25, 0.3) is 0 Å². The number of urea groups is 1. The number of thioether (sulfide) groups is 2. The summed E-state index contributed by atoms with van der Waals surface area (Å²) in [5, 5.41) is 26.3. The normalized spacial score (nSPS) is 12.8. The number of hydrogen-bond acceptors (Lipinski definition) is 29. The number of amides is 2. The lowest BCUT2D eigenvalue weighted by Crippen LogP contribution is -2.25. The maximum absolute atomic E-state index is 10.8. The molecule has 0 radical (unpaired) electrons. The van der Waals surface area contributed by atoms with Crippen LogP contribution in [0.5, 0.6) is 0 Å².